The fourth-order valence-electron chi connectivity index (χ4n) is 4.50. The molecule has 0 bridgehead atoms. The van der Waals surface area contributed by atoms with E-state index in [9.17, 15) is 18.7 Å². The minimum atomic E-state index is -1.35. The zero-order valence-corrected chi connectivity index (χ0v) is 22.8. The fourth-order valence-corrected chi connectivity index (χ4v) is 4.99. The Kier molecular flexibility index (Phi) is 11.7. The molecule has 2 aromatic carbocycles. The normalized spacial score (nSPS) is 19.4. The van der Waals surface area contributed by atoms with Crippen LogP contribution in [0.15, 0.2) is 47.1 Å². The van der Waals surface area contributed by atoms with E-state index in [1.54, 1.807) is 13.1 Å². The number of hydrogen-bond donors (Lipinski definition) is 4. The smallest absolute Gasteiger partial charge is 0.254 e. The summed E-state index contributed by atoms with van der Waals surface area (Å²) >= 11 is 3.24. The van der Waals surface area contributed by atoms with Crippen LogP contribution in [0.1, 0.15) is 60.3 Å². The van der Waals surface area contributed by atoms with E-state index < -0.39 is 35.9 Å². The maximum Gasteiger partial charge on any atom is 0.254 e. The van der Waals surface area contributed by atoms with Crippen molar-refractivity contribution in [3.05, 3.63) is 75.5 Å². The Labute approximate surface area is 240 Å². The summed E-state index contributed by atoms with van der Waals surface area (Å²) in [6.45, 7) is 0.290. The molecule has 1 fully saturated rings. The molecular weight excluding hydrogens is 599 g/mol. The van der Waals surface area contributed by atoms with Crippen LogP contribution in [-0.2, 0) is 0 Å². The number of carbonyl (C=O) groups is 1. The van der Waals surface area contributed by atoms with Gasteiger partial charge in [-0.05, 0) is 62.2 Å². The number of amides is 1. The number of nitrogens with zero attached hydrogens (tertiary/aromatic N) is 2. The topological polar surface area (TPSA) is 113 Å². The number of halogens is 5. The van der Waals surface area contributed by atoms with Gasteiger partial charge in [0.15, 0.2) is 0 Å². The molecule has 12 heteroatoms. The molecule has 1 aromatic heterocycles. The first-order chi connectivity index (χ1) is 17.7. The van der Waals surface area contributed by atoms with Gasteiger partial charge >= 0.3 is 0 Å². The van der Waals surface area contributed by atoms with Crippen molar-refractivity contribution in [1.29, 1.82) is 0 Å². The first kappa shape index (κ1) is 32.5. The number of hydrogen-bond acceptors (Lipinski definition) is 6. The first-order valence-electron chi connectivity index (χ1n) is 11.8. The predicted molar refractivity (Wildman–Crippen MR) is 152 cm³/mol. The monoisotopic (exact) mass is 629 g/mol. The van der Waals surface area contributed by atoms with Gasteiger partial charge in [-0.15, -0.1) is 12.4 Å². The van der Waals surface area contributed by atoms with Crippen LogP contribution in [0, 0.1) is 11.6 Å². The lowest BCUT2D eigenvalue weighted by Crippen LogP contribution is -2.35. The lowest BCUT2D eigenvalue weighted by Gasteiger charge is -2.28. The lowest BCUT2D eigenvalue weighted by atomic mass is 9.84. The summed E-state index contributed by atoms with van der Waals surface area (Å²) in [7, 11) is 1.69. The number of alkyl halides is 1. The van der Waals surface area contributed by atoms with Gasteiger partial charge in [-0.25, -0.2) is 23.1 Å². The second-order valence-electron chi connectivity index (χ2n) is 9.10. The Morgan fingerprint density at radius 2 is 1.97 bits per heavy atom. The standard InChI is InChI=1S/C26H27BrF3N5O2.CH4.ClH/c1-32-11-21(15-6-16(27)10-17(28)7-15)35-26(37)18-4-2-14(9-19(18)29)24-25(31)33-12-22(34-24)13-3-5-23(36)20(30)8-13;;/h2,4,6-7,9-10,12-13,20-21,23,32,36H,3,5,8,11H2,1H3,(H2,31,33)(H,35,37);1H4;1H/t13-,20-,21+,23-;;/m0../s1. The molecule has 4 atom stereocenters. The van der Waals surface area contributed by atoms with E-state index in [0.29, 0.717) is 34.1 Å². The Bertz CT molecular complexity index is 1280. The summed E-state index contributed by atoms with van der Waals surface area (Å²) in [4.78, 5) is 21.6. The van der Waals surface area contributed by atoms with Crippen molar-refractivity contribution in [2.75, 3.05) is 19.3 Å². The van der Waals surface area contributed by atoms with Gasteiger partial charge in [-0.1, -0.05) is 29.4 Å². The number of carbonyl (C=O) groups excluding carboxylic acids is 1. The van der Waals surface area contributed by atoms with E-state index in [2.05, 4.69) is 36.5 Å². The van der Waals surface area contributed by atoms with Gasteiger partial charge in [-0.2, -0.15) is 0 Å². The molecule has 4 rings (SSSR count). The molecule has 212 valence electrons. The van der Waals surface area contributed by atoms with Crippen LogP contribution >= 0.6 is 28.3 Å². The number of aliphatic hydroxyl groups is 1. The number of aliphatic hydroxyl groups excluding tert-OH is 1. The highest BCUT2D eigenvalue weighted by Crippen LogP contribution is 2.35. The van der Waals surface area contributed by atoms with Gasteiger partial charge in [0.05, 0.1) is 29.6 Å². The largest absolute Gasteiger partial charge is 0.390 e. The van der Waals surface area contributed by atoms with Crippen molar-refractivity contribution in [3.8, 4) is 11.3 Å². The van der Waals surface area contributed by atoms with Gasteiger partial charge in [-0.3, -0.25) is 4.79 Å². The van der Waals surface area contributed by atoms with Crippen LogP contribution < -0.4 is 16.4 Å². The highest BCUT2D eigenvalue weighted by atomic mass is 79.9. The van der Waals surface area contributed by atoms with Gasteiger partial charge < -0.3 is 21.5 Å². The van der Waals surface area contributed by atoms with Crippen LogP contribution in [0.4, 0.5) is 19.0 Å². The van der Waals surface area contributed by atoms with Gasteiger partial charge in [0, 0.05) is 22.5 Å². The zero-order chi connectivity index (χ0) is 26.7. The van der Waals surface area contributed by atoms with Crippen LogP contribution in [0.2, 0.25) is 0 Å². The number of nitrogen functional groups attached to an aromatic ring is 1. The third kappa shape index (κ3) is 7.69. The highest BCUT2D eigenvalue weighted by Gasteiger charge is 2.31. The molecule has 7 nitrogen and oxygen atoms in total. The van der Waals surface area contributed by atoms with Crippen LogP contribution in [0.25, 0.3) is 11.3 Å². The molecule has 1 aliphatic carbocycles. The second kappa shape index (κ2) is 14.1. The summed E-state index contributed by atoms with van der Waals surface area (Å²) < 4.78 is 43.6. The molecule has 1 aliphatic rings. The fraction of sp³-hybridized carbons (Fsp3) is 0.370. The maximum absolute atomic E-state index is 15.1. The molecular formula is C27H32BrClF3N5O2. The molecule has 0 spiro atoms. The summed E-state index contributed by atoms with van der Waals surface area (Å²) in [5, 5.41) is 15.3. The number of anilines is 1. The van der Waals surface area contributed by atoms with Gasteiger partial charge in [0.1, 0.15) is 29.3 Å². The Morgan fingerprint density at radius 3 is 2.62 bits per heavy atom. The van der Waals surface area contributed by atoms with E-state index in [4.69, 9.17) is 5.73 Å². The molecule has 3 aromatic rings. The van der Waals surface area contributed by atoms with E-state index in [1.807, 2.05) is 0 Å². The van der Waals surface area contributed by atoms with Crippen molar-refractivity contribution < 1.29 is 23.1 Å². The van der Waals surface area contributed by atoms with Crippen molar-refractivity contribution in [3.63, 3.8) is 0 Å². The van der Waals surface area contributed by atoms with E-state index >= 15 is 4.39 Å². The summed E-state index contributed by atoms with van der Waals surface area (Å²) in [5.41, 5.74) is 7.36. The Morgan fingerprint density at radius 1 is 1.23 bits per heavy atom. The van der Waals surface area contributed by atoms with E-state index in [-0.39, 0.29) is 55.8 Å². The molecule has 0 radical (unpaired) electrons. The minimum absolute atomic E-state index is 0. The molecule has 1 amide bonds. The molecule has 39 heavy (non-hydrogen) atoms. The average molecular weight is 631 g/mol. The van der Waals surface area contributed by atoms with E-state index in [1.165, 1.54) is 30.5 Å². The third-order valence-electron chi connectivity index (χ3n) is 6.46. The minimum Gasteiger partial charge on any atom is -0.390 e. The maximum atomic E-state index is 15.1. The summed E-state index contributed by atoms with van der Waals surface area (Å²) in [6.07, 6.45) is 0.105. The molecule has 1 heterocycles. The number of likely N-dealkylation sites (N-methyl/N-ethyl adjacent to an activating group) is 1. The lowest BCUT2D eigenvalue weighted by molar-refractivity contribution is 0.0363. The van der Waals surface area contributed by atoms with E-state index in [0.717, 1.165) is 6.07 Å². The van der Waals surface area contributed by atoms with Crippen molar-refractivity contribution in [2.24, 2.45) is 0 Å². The zero-order valence-electron chi connectivity index (χ0n) is 20.4. The van der Waals surface area contributed by atoms with Gasteiger partial charge in [0.25, 0.3) is 5.91 Å². The second-order valence-corrected chi connectivity index (χ2v) is 10.0. The number of nitrogens with one attached hydrogen (secondary N) is 2. The van der Waals surface area contributed by atoms with Gasteiger partial charge in [0.2, 0.25) is 0 Å². The summed E-state index contributed by atoms with van der Waals surface area (Å²) in [6, 6.07) is 7.65. The Balaban J connectivity index is 0.00000267. The number of benzene rings is 2. The predicted octanol–water partition coefficient (Wildman–Crippen LogP) is 5.48. The highest BCUT2D eigenvalue weighted by molar-refractivity contribution is 9.10. The van der Waals surface area contributed by atoms with Crippen LogP contribution in [0.5, 0.6) is 0 Å². The number of rotatable bonds is 7. The van der Waals surface area contributed by atoms with Crippen molar-refractivity contribution in [1.82, 2.24) is 20.6 Å². The van der Waals surface area contributed by atoms with Crippen molar-refractivity contribution >= 4 is 40.1 Å². The first-order valence-corrected chi connectivity index (χ1v) is 12.6. The quantitative estimate of drug-likeness (QED) is 0.275. The SMILES string of the molecule is C.CNC[C@@H](NC(=O)c1ccc(-c2nc([C@H]3CC[C@H](O)[C@@H](F)C3)cnc2N)cc1F)c1cc(F)cc(Br)c1.Cl. The Hall–Kier alpha value is -2.73. The van der Waals surface area contributed by atoms with Crippen LogP contribution in [0.3, 0.4) is 0 Å². The third-order valence-corrected chi connectivity index (χ3v) is 6.92. The summed E-state index contributed by atoms with van der Waals surface area (Å²) in [5.74, 6) is -2.12. The molecule has 5 N–H and O–H groups in total. The molecule has 0 saturated heterocycles. The average Bonchev–Trinajstić information content (AvgIpc) is 2.85. The molecule has 0 aliphatic heterocycles. The van der Waals surface area contributed by atoms with Crippen molar-refractivity contribution in [2.45, 2.75) is 50.9 Å². The van der Waals surface area contributed by atoms with Crippen LogP contribution in [-0.4, -0.2) is 46.8 Å². The molecule has 0 unspecified atom stereocenters. The molecule has 1 saturated carbocycles. The number of nitrogens with two attached hydrogens (primary N) is 1. The number of aromatic nitrogens is 2.